The predicted molar refractivity (Wildman–Crippen MR) is 97.1 cm³/mol. The van der Waals surface area contributed by atoms with Gasteiger partial charge in [-0.25, -0.2) is 4.98 Å². The van der Waals surface area contributed by atoms with Gasteiger partial charge in [-0.15, -0.1) is 11.3 Å². The Morgan fingerprint density at radius 3 is 2.72 bits per heavy atom. The van der Waals surface area contributed by atoms with Crippen molar-refractivity contribution < 1.29 is 14.3 Å². The topological polar surface area (TPSA) is 75.9 Å². The Hall–Kier alpha value is -2.87. The molecule has 0 unspecified atom stereocenters. The molecule has 0 fully saturated rings. The molecule has 0 saturated heterocycles. The van der Waals surface area contributed by atoms with E-state index in [0.29, 0.717) is 11.4 Å². The molecule has 130 valence electrons. The highest BCUT2D eigenvalue weighted by Crippen LogP contribution is 2.15. The Morgan fingerprint density at radius 2 is 2.04 bits per heavy atom. The highest BCUT2D eigenvalue weighted by molar-refractivity contribution is 7.15. The number of carbonyl (C=O) groups is 2. The van der Waals surface area contributed by atoms with Crippen LogP contribution in [-0.4, -0.2) is 42.0 Å². The van der Waals surface area contributed by atoms with Crippen LogP contribution >= 0.6 is 11.3 Å². The smallest absolute Gasteiger partial charge is 0.312 e. The first-order valence-corrected chi connectivity index (χ1v) is 8.53. The molecule has 0 radical (unpaired) electrons. The van der Waals surface area contributed by atoms with Crippen molar-refractivity contribution >= 4 is 39.5 Å². The van der Waals surface area contributed by atoms with Crippen LogP contribution in [0.4, 0.5) is 11.4 Å². The zero-order valence-corrected chi connectivity index (χ0v) is 14.7. The van der Waals surface area contributed by atoms with E-state index in [2.05, 4.69) is 10.3 Å². The van der Waals surface area contributed by atoms with Crippen LogP contribution in [0, 0.1) is 0 Å². The molecule has 1 N–H and O–H groups in total. The number of carbonyl (C=O) groups excluding carboxylic acids is 2. The first-order valence-electron chi connectivity index (χ1n) is 7.65. The van der Waals surface area contributed by atoms with Crippen molar-refractivity contribution in [1.82, 2.24) is 9.38 Å². The normalized spacial score (nSPS) is 10.6. The lowest BCUT2D eigenvalue weighted by atomic mass is 10.2. The van der Waals surface area contributed by atoms with Crippen LogP contribution < -0.4 is 10.2 Å². The molecular weight excluding hydrogens is 340 g/mol. The third-order valence-electron chi connectivity index (χ3n) is 3.50. The van der Waals surface area contributed by atoms with Crippen LogP contribution in [-0.2, 0) is 20.7 Å². The Balaban J connectivity index is 1.46. The highest BCUT2D eigenvalue weighted by Gasteiger charge is 2.12. The summed E-state index contributed by atoms with van der Waals surface area (Å²) in [5, 5.41) is 4.61. The number of nitrogens with zero attached hydrogens (tertiary/aromatic N) is 3. The standard InChI is InChI=1S/C17H18N4O3S/c1-20(2)14-5-3-12(4-6-14)18-15(22)11-24-16(23)9-13-10-21-7-8-25-17(21)19-13/h3-8,10H,9,11H2,1-2H3,(H,18,22). The van der Waals surface area contributed by atoms with Crippen molar-refractivity contribution in [3.05, 3.63) is 47.7 Å². The third-order valence-corrected chi connectivity index (χ3v) is 4.27. The van der Waals surface area contributed by atoms with E-state index in [9.17, 15) is 9.59 Å². The van der Waals surface area contributed by atoms with E-state index in [1.54, 1.807) is 18.3 Å². The highest BCUT2D eigenvalue weighted by atomic mass is 32.1. The molecule has 0 atom stereocenters. The lowest BCUT2D eigenvalue weighted by Gasteiger charge is -2.13. The summed E-state index contributed by atoms with van der Waals surface area (Å²) < 4.78 is 6.85. The number of ether oxygens (including phenoxy) is 1. The summed E-state index contributed by atoms with van der Waals surface area (Å²) in [6.45, 7) is -0.323. The fraction of sp³-hybridized carbons (Fsp3) is 0.235. The molecule has 8 heteroatoms. The molecule has 0 bridgehead atoms. The van der Waals surface area contributed by atoms with Crippen LogP contribution in [0.3, 0.4) is 0 Å². The Morgan fingerprint density at radius 1 is 1.28 bits per heavy atom. The van der Waals surface area contributed by atoms with Crippen LogP contribution in [0.2, 0.25) is 0 Å². The minimum atomic E-state index is -0.483. The van der Waals surface area contributed by atoms with Gasteiger partial charge in [0, 0.05) is 43.2 Å². The van der Waals surface area contributed by atoms with Gasteiger partial charge in [0.1, 0.15) is 0 Å². The van der Waals surface area contributed by atoms with Gasteiger partial charge in [0.25, 0.3) is 5.91 Å². The van der Waals surface area contributed by atoms with Gasteiger partial charge in [-0.05, 0) is 24.3 Å². The molecule has 0 aliphatic rings. The van der Waals surface area contributed by atoms with Gasteiger partial charge in [-0.1, -0.05) is 0 Å². The maximum absolute atomic E-state index is 11.9. The number of aromatic nitrogens is 2. The van der Waals surface area contributed by atoms with E-state index < -0.39 is 5.97 Å². The van der Waals surface area contributed by atoms with Gasteiger partial charge < -0.3 is 15.0 Å². The van der Waals surface area contributed by atoms with Crippen LogP contribution in [0.15, 0.2) is 42.0 Å². The van der Waals surface area contributed by atoms with Crippen molar-refractivity contribution in [1.29, 1.82) is 0 Å². The number of nitrogens with one attached hydrogen (secondary N) is 1. The first-order chi connectivity index (χ1) is 12.0. The molecule has 0 aliphatic carbocycles. The summed E-state index contributed by atoms with van der Waals surface area (Å²) in [4.78, 5) is 30.8. The van der Waals surface area contributed by atoms with Crippen LogP contribution in [0.5, 0.6) is 0 Å². The molecule has 1 amide bonds. The van der Waals surface area contributed by atoms with Gasteiger partial charge in [-0.2, -0.15) is 0 Å². The summed E-state index contributed by atoms with van der Waals surface area (Å²) in [5.74, 6) is -0.861. The SMILES string of the molecule is CN(C)c1ccc(NC(=O)COC(=O)Cc2cn3ccsc3n2)cc1. The predicted octanol–water partition coefficient (Wildman–Crippen LogP) is 2.19. The number of anilines is 2. The second-order valence-electron chi connectivity index (χ2n) is 5.65. The zero-order chi connectivity index (χ0) is 17.8. The van der Waals surface area contributed by atoms with Crippen LogP contribution in [0.1, 0.15) is 5.69 Å². The summed E-state index contributed by atoms with van der Waals surface area (Å²) in [5.41, 5.74) is 2.31. The number of hydrogen-bond acceptors (Lipinski definition) is 6. The van der Waals surface area contributed by atoms with Crippen molar-refractivity contribution in [3.63, 3.8) is 0 Å². The van der Waals surface area contributed by atoms with E-state index in [4.69, 9.17) is 4.74 Å². The van der Waals surface area contributed by atoms with E-state index in [1.807, 2.05) is 47.1 Å². The fourth-order valence-electron chi connectivity index (χ4n) is 2.25. The molecule has 7 nitrogen and oxygen atoms in total. The molecule has 2 heterocycles. The van der Waals surface area contributed by atoms with E-state index >= 15 is 0 Å². The molecule has 0 spiro atoms. The number of esters is 1. The monoisotopic (exact) mass is 358 g/mol. The lowest BCUT2D eigenvalue weighted by Crippen LogP contribution is -2.21. The largest absolute Gasteiger partial charge is 0.455 e. The molecule has 1 aromatic carbocycles. The van der Waals surface area contributed by atoms with Gasteiger partial charge >= 0.3 is 5.97 Å². The fourth-order valence-corrected chi connectivity index (χ4v) is 2.97. The molecule has 3 aromatic rings. The molecular formula is C17H18N4O3S. The quantitative estimate of drug-likeness (QED) is 0.684. The number of rotatable bonds is 6. The van der Waals surface area contributed by atoms with Crippen molar-refractivity contribution in [3.8, 4) is 0 Å². The molecule has 2 aromatic heterocycles. The Labute approximate surface area is 148 Å². The Bertz CT molecular complexity index is 854. The van der Waals surface area contributed by atoms with Crippen molar-refractivity contribution in [2.24, 2.45) is 0 Å². The Kier molecular flexibility index (Phi) is 4.99. The van der Waals surface area contributed by atoms with Gasteiger partial charge in [0.15, 0.2) is 11.6 Å². The summed E-state index contributed by atoms with van der Waals surface area (Å²) in [6, 6.07) is 7.39. The number of benzene rings is 1. The number of imidazole rings is 1. The van der Waals surface area contributed by atoms with Gasteiger partial charge in [0.2, 0.25) is 0 Å². The number of amides is 1. The summed E-state index contributed by atoms with van der Waals surface area (Å²) >= 11 is 1.49. The van der Waals surface area contributed by atoms with Crippen molar-refractivity contribution in [2.45, 2.75) is 6.42 Å². The second kappa shape index (κ2) is 7.35. The zero-order valence-electron chi connectivity index (χ0n) is 13.9. The molecule has 0 saturated carbocycles. The van der Waals surface area contributed by atoms with Crippen molar-refractivity contribution in [2.75, 3.05) is 30.9 Å². The average molecular weight is 358 g/mol. The van der Waals surface area contributed by atoms with E-state index in [0.717, 1.165) is 10.6 Å². The average Bonchev–Trinajstić information content (AvgIpc) is 3.15. The molecule has 3 rings (SSSR count). The summed E-state index contributed by atoms with van der Waals surface area (Å²) in [7, 11) is 3.88. The van der Waals surface area contributed by atoms with Gasteiger partial charge in [0.05, 0.1) is 12.1 Å². The van der Waals surface area contributed by atoms with E-state index in [1.165, 1.54) is 11.3 Å². The third kappa shape index (κ3) is 4.36. The first kappa shape index (κ1) is 17.0. The van der Waals surface area contributed by atoms with Crippen LogP contribution in [0.25, 0.3) is 4.96 Å². The minimum Gasteiger partial charge on any atom is -0.455 e. The molecule has 25 heavy (non-hydrogen) atoms. The maximum atomic E-state index is 11.9. The number of thiazole rings is 1. The van der Waals surface area contributed by atoms with Gasteiger partial charge in [-0.3, -0.25) is 14.0 Å². The number of fused-ring (bicyclic) bond motifs is 1. The summed E-state index contributed by atoms with van der Waals surface area (Å²) in [6.07, 6.45) is 3.69. The minimum absolute atomic E-state index is 0.0409. The molecule has 0 aliphatic heterocycles. The lowest BCUT2D eigenvalue weighted by molar-refractivity contribution is -0.146. The van der Waals surface area contributed by atoms with E-state index in [-0.39, 0.29) is 18.9 Å². The maximum Gasteiger partial charge on any atom is 0.312 e. The second-order valence-corrected chi connectivity index (χ2v) is 6.53. The number of hydrogen-bond donors (Lipinski definition) is 1.